The lowest BCUT2D eigenvalue weighted by atomic mass is 10.1. The smallest absolute Gasteiger partial charge is 0.228 e. The highest BCUT2D eigenvalue weighted by Crippen LogP contribution is 2.37. The molecule has 2 aliphatic heterocycles. The number of nitrogens with zero attached hydrogens (tertiary/aromatic N) is 3. The number of hydrogen-bond acceptors (Lipinski definition) is 5. The second kappa shape index (κ2) is 4.95. The molecule has 0 bridgehead atoms. The van der Waals surface area contributed by atoms with Gasteiger partial charge in [0.15, 0.2) is 0 Å². The first kappa shape index (κ1) is 12.5. The van der Waals surface area contributed by atoms with Crippen molar-refractivity contribution in [3.05, 3.63) is 33.4 Å². The lowest BCUT2D eigenvalue weighted by Crippen LogP contribution is -2.36. The van der Waals surface area contributed by atoms with Crippen molar-refractivity contribution in [1.82, 2.24) is 9.88 Å². The number of thiazole rings is 1. The van der Waals surface area contributed by atoms with Crippen LogP contribution >= 0.6 is 22.7 Å². The summed E-state index contributed by atoms with van der Waals surface area (Å²) in [5, 5.41) is 7.27. The van der Waals surface area contributed by atoms with Crippen LogP contribution in [0.15, 0.2) is 28.4 Å². The fraction of sp³-hybridized carbons (Fsp3) is 0.429. The molecule has 0 N–H and O–H groups in total. The van der Waals surface area contributed by atoms with Crippen LogP contribution in [-0.4, -0.2) is 34.4 Å². The maximum absolute atomic E-state index is 12.3. The predicted molar refractivity (Wildman–Crippen MR) is 81.1 cm³/mol. The second-order valence-electron chi connectivity index (χ2n) is 5.27. The number of anilines is 1. The van der Waals surface area contributed by atoms with Gasteiger partial charge in [-0.1, -0.05) is 0 Å². The Balaban J connectivity index is 1.55. The van der Waals surface area contributed by atoms with Crippen LogP contribution in [-0.2, 0) is 11.3 Å². The van der Waals surface area contributed by atoms with Gasteiger partial charge in [-0.25, -0.2) is 4.98 Å². The van der Waals surface area contributed by atoms with Gasteiger partial charge in [0.2, 0.25) is 5.91 Å². The minimum Gasteiger partial charge on any atom is -0.307 e. The maximum Gasteiger partial charge on any atom is 0.228 e. The monoisotopic (exact) mass is 305 g/mol. The summed E-state index contributed by atoms with van der Waals surface area (Å²) < 4.78 is 0. The van der Waals surface area contributed by atoms with E-state index in [0.29, 0.717) is 18.5 Å². The van der Waals surface area contributed by atoms with Gasteiger partial charge in [-0.15, -0.1) is 11.3 Å². The molecule has 0 radical (unpaired) electrons. The molecule has 0 aliphatic carbocycles. The minimum atomic E-state index is 0.266. The van der Waals surface area contributed by atoms with Crippen molar-refractivity contribution in [3.63, 3.8) is 0 Å². The molecule has 2 aliphatic rings. The van der Waals surface area contributed by atoms with Gasteiger partial charge in [-0.2, -0.15) is 11.3 Å². The minimum absolute atomic E-state index is 0.266. The SMILES string of the molecule is O=C1C[C@H]2[C@@H](CCN2Cc2nccs2)N1c1ccsc1. The highest BCUT2D eigenvalue weighted by molar-refractivity contribution is 7.09. The number of aromatic nitrogens is 1. The third kappa shape index (κ3) is 1.99. The average Bonchev–Trinajstić information content (AvgIpc) is 3.16. The van der Waals surface area contributed by atoms with E-state index in [1.54, 1.807) is 22.7 Å². The van der Waals surface area contributed by atoms with Crippen LogP contribution in [0.4, 0.5) is 5.69 Å². The van der Waals surface area contributed by atoms with E-state index in [9.17, 15) is 4.79 Å². The molecule has 4 heterocycles. The standard InChI is InChI=1S/C14H15N3OS2/c18-14-7-12-11(17(14)10-2-5-19-9-10)1-4-16(12)8-13-15-3-6-20-13/h2-3,5-6,9,11-12H,1,4,7-8H2/t11-,12+/m1/s1. The maximum atomic E-state index is 12.3. The van der Waals surface area contributed by atoms with Crippen molar-refractivity contribution in [2.24, 2.45) is 0 Å². The molecule has 104 valence electrons. The van der Waals surface area contributed by atoms with E-state index < -0.39 is 0 Å². The van der Waals surface area contributed by atoms with E-state index in [4.69, 9.17) is 0 Å². The Hall–Kier alpha value is -1.24. The van der Waals surface area contributed by atoms with Gasteiger partial charge in [0.25, 0.3) is 0 Å². The average molecular weight is 305 g/mol. The van der Waals surface area contributed by atoms with E-state index in [1.165, 1.54) is 0 Å². The molecule has 2 fully saturated rings. The first-order valence-corrected chi connectivity index (χ1v) is 8.62. The first-order chi connectivity index (χ1) is 9.83. The number of thiophene rings is 1. The summed E-state index contributed by atoms with van der Waals surface area (Å²) in [6, 6.07) is 2.75. The zero-order chi connectivity index (χ0) is 13.5. The number of carbonyl (C=O) groups excluding carboxylic acids is 1. The highest BCUT2D eigenvalue weighted by atomic mass is 32.1. The molecule has 2 aromatic rings. The normalized spacial score (nSPS) is 26.4. The van der Waals surface area contributed by atoms with E-state index in [2.05, 4.69) is 21.3 Å². The van der Waals surface area contributed by atoms with E-state index in [0.717, 1.165) is 30.2 Å². The van der Waals surface area contributed by atoms with Gasteiger partial charge in [-0.3, -0.25) is 9.69 Å². The number of likely N-dealkylation sites (tertiary alicyclic amines) is 1. The molecule has 2 saturated heterocycles. The van der Waals surface area contributed by atoms with Crippen LogP contribution in [0.5, 0.6) is 0 Å². The first-order valence-electron chi connectivity index (χ1n) is 6.79. The van der Waals surface area contributed by atoms with Crippen LogP contribution in [0.3, 0.4) is 0 Å². The largest absolute Gasteiger partial charge is 0.307 e. The Morgan fingerprint density at radius 2 is 2.30 bits per heavy atom. The molecule has 0 saturated carbocycles. The molecule has 0 unspecified atom stereocenters. The Morgan fingerprint density at radius 1 is 1.35 bits per heavy atom. The Kier molecular flexibility index (Phi) is 3.09. The van der Waals surface area contributed by atoms with Gasteiger partial charge in [-0.05, 0) is 17.9 Å². The summed E-state index contributed by atoms with van der Waals surface area (Å²) in [7, 11) is 0. The summed E-state index contributed by atoms with van der Waals surface area (Å²) in [6.07, 6.45) is 3.56. The van der Waals surface area contributed by atoms with Crippen molar-refractivity contribution in [2.45, 2.75) is 31.5 Å². The van der Waals surface area contributed by atoms with Crippen molar-refractivity contribution >= 4 is 34.3 Å². The van der Waals surface area contributed by atoms with E-state index in [1.807, 2.05) is 21.9 Å². The number of fused-ring (bicyclic) bond motifs is 1. The quantitative estimate of drug-likeness (QED) is 0.874. The summed E-state index contributed by atoms with van der Waals surface area (Å²) >= 11 is 3.35. The van der Waals surface area contributed by atoms with Crippen LogP contribution in [0, 0.1) is 0 Å². The molecule has 0 spiro atoms. The molecule has 6 heteroatoms. The summed E-state index contributed by atoms with van der Waals surface area (Å²) in [6.45, 7) is 1.94. The van der Waals surface area contributed by atoms with Gasteiger partial charge in [0.1, 0.15) is 5.01 Å². The topological polar surface area (TPSA) is 36.4 Å². The molecule has 20 heavy (non-hydrogen) atoms. The summed E-state index contributed by atoms with van der Waals surface area (Å²) in [4.78, 5) is 21.1. The molecular weight excluding hydrogens is 290 g/mol. The second-order valence-corrected chi connectivity index (χ2v) is 7.03. The Bertz CT molecular complexity index is 596. The third-order valence-corrected chi connectivity index (χ3v) is 5.65. The van der Waals surface area contributed by atoms with Gasteiger partial charge >= 0.3 is 0 Å². The van der Waals surface area contributed by atoms with Gasteiger partial charge < -0.3 is 4.90 Å². The third-order valence-electron chi connectivity index (χ3n) is 4.22. The zero-order valence-corrected chi connectivity index (χ0v) is 12.6. The molecule has 1 amide bonds. The Labute approximate surface area is 125 Å². The van der Waals surface area contributed by atoms with E-state index >= 15 is 0 Å². The van der Waals surface area contributed by atoms with E-state index in [-0.39, 0.29) is 5.91 Å². The van der Waals surface area contributed by atoms with Crippen LogP contribution in [0.1, 0.15) is 17.8 Å². The lowest BCUT2D eigenvalue weighted by molar-refractivity contribution is -0.117. The number of carbonyl (C=O) groups is 1. The zero-order valence-electron chi connectivity index (χ0n) is 10.9. The van der Waals surface area contributed by atoms with Crippen LogP contribution < -0.4 is 4.90 Å². The molecule has 2 atom stereocenters. The van der Waals surface area contributed by atoms with Crippen molar-refractivity contribution in [1.29, 1.82) is 0 Å². The summed E-state index contributed by atoms with van der Waals surface area (Å²) in [5.41, 5.74) is 1.07. The number of amides is 1. The molecule has 0 aromatic carbocycles. The highest BCUT2D eigenvalue weighted by Gasteiger charge is 2.47. The number of hydrogen-bond donors (Lipinski definition) is 0. The van der Waals surface area contributed by atoms with Gasteiger partial charge in [0.05, 0.1) is 18.3 Å². The molecule has 2 aromatic heterocycles. The fourth-order valence-corrected chi connectivity index (χ4v) is 4.63. The molecule has 4 rings (SSSR count). The molecular formula is C14H15N3OS2. The van der Waals surface area contributed by atoms with Crippen molar-refractivity contribution < 1.29 is 4.79 Å². The van der Waals surface area contributed by atoms with Crippen molar-refractivity contribution in [2.75, 3.05) is 11.4 Å². The van der Waals surface area contributed by atoms with Crippen LogP contribution in [0.25, 0.3) is 0 Å². The van der Waals surface area contributed by atoms with Crippen molar-refractivity contribution in [3.8, 4) is 0 Å². The van der Waals surface area contributed by atoms with Crippen LogP contribution in [0.2, 0.25) is 0 Å². The predicted octanol–water partition coefficient (Wildman–Crippen LogP) is 2.58. The molecule has 4 nitrogen and oxygen atoms in total. The van der Waals surface area contributed by atoms with Gasteiger partial charge in [0, 0.05) is 36.0 Å². The number of rotatable bonds is 3. The summed E-state index contributed by atoms with van der Waals surface area (Å²) in [5.74, 6) is 0.266. The Morgan fingerprint density at radius 3 is 3.05 bits per heavy atom. The lowest BCUT2D eigenvalue weighted by Gasteiger charge is -2.24. The fourth-order valence-electron chi connectivity index (χ4n) is 3.36.